The molecule has 0 amide bonds. The van der Waals surface area contributed by atoms with Crippen LogP contribution in [0, 0.1) is 0 Å². The van der Waals surface area contributed by atoms with E-state index in [1.807, 2.05) is 16.8 Å². The fraction of sp³-hybridized carbons (Fsp3) is 0.235. The normalized spacial score (nSPS) is 15.0. The second kappa shape index (κ2) is 6.08. The summed E-state index contributed by atoms with van der Waals surface area (Å²) in [6, 6.07) is 12.6. The van der Waals surface area contributed by atoms with Gasteiger partial charge in [-0.25, -0.2) is 15.0 Å². The average molecular weight is 306 g/mol. The van der Waals surface area contributed by atoms with E-state index in [9.17, 15) is 0 Å². The van der Waals surface area contributed by atoms with Gasteiger partial charge in [0.25, 0.3) is 0 Å². The Morgan fingerprint density at radius 2 is 1.57 bits per heavy atom. The van der Waals surface area contributed by atoms with Gasteiger partial charge in [-0.05, 0) is 12.1 Å². The number of imidazole rings is 1. The molecule has 1 aliphatic heterocycles. The zero-order valence-corrected chi connectivity index (χ0v) is 12.8. The molecule has 3 aromatic rings. The topological polar surface area (TPSA) is 50.1 Å². The van der Waals surface area contributed by atoms with Crippen molar-refractivity contribution in [3.8, 4) is 5.82 Å². The van der Waals surface area contributed by atoms with Crippen LogP contribution < -0.4 is 9.80 Å². The summed E-state index contributed by atoms with van der Waals surface area (Å²) >= 11 is 0. The minimum Gasteiger partial charge on any atom is -0.368 e. The smallest absolute Gasteiger partial charge is 0.143 e. The molecule has 1 saturated heterocycles. The van der Waals surface area contributed by atoms with Gasteiger partial charge >= 0.3 is 0 Å². The second-order valence-electron chi connectivity index (χ2n) is 5.51. The van der Waals surface area contributed by atoms with Crippen molar-refractivity contribution < 1.29 is 0 Å². The lowest BCUT2D eigenvalue weighted by molar-refractivity contribution is 0.646. The average Bonchev–Trinajstić information content (AvgIpc) is 3.18. The van der Waals surface area contributed by atoms with E-state index >= 15 is 0 Å². The van der Waals surface area contributed by atoms with Gasteiger partial charge in [-0.3, -0.25) is 4.57 Å². The molecular weight excluding hydrogens is 288 g/mol. The number of hydrogen-bond acceptors (Lipinski definition) is 5. The predicted octanol–water partition coefficient (Wildman–Crippen LogP) is 1.99. The molecule has 0 N–H and O–H groups in total. The fourth-order valence-corrected chi connectivity index (χ4v) is 2.88. The molecule has 0 aliphatic carbocycles. The zero-order valence-electron chi connectivity index (χ0n) is 12.8. The predicted molar refractivity (Wildman–Crippen MR) is 90.0 cm³/mol. The van der Waals surface area contributed by atoms with Gasteiger partial charge in [0.2, 0.25) is 0 Å². The summed E-state index contributed by atoms with van der Waals surface area (Å²) in [7, 11) is 0. The maximum atomic E-state index is 4.43. The van der Waals surface area contributed by atoms with E-state index in [0.29, 0.717) is 0 Å². The summed E-state index contributed by atoms with van der Waals surface area (Å²) in [4.78, 5) is 17.5. The van der Waals surface area contributed by atoms with Crippen molar-refractivity contribution in [2.24, 2.45) is 0 Å². The third-order valence-corrected chi connectivity index (χ3v) is 4.13. The van der Waals surface area contributed by atoms with Gasteiger partial charge in [0.05, 0.1) is 0 Å². The molecule has 0 atom stereocenters. The van der Waals surface area contributed by atoms with Crippen LogP contribution >= 0.6 is 0 Å². The van der Waals surface area contributed by atoms with E-state index < -0.39 is 0 Å². The molecule has 116 valence electrons. The van der Waals surface area contributed by atoms with E-state index in [0.717, 1.165) is 37.8 Å². The van der Waals surface area contributed by atoms with Gasteiger partial charge in [-0.1, -0.05) is 18.2 Å². The summed E-state index contributed by atoms with van der Waals surface area (Å²) in [5.41, 5.74) is 1.29. The maximum absolute atomic E-state index is 4.43. The molecule has 3 heterocycles. The molecule has 6 nitrogen and oxygen atoms in total. The molecule has 23 heavy (non-hydrogen) atoms. The lowest BCUT2D eigenvalue weighted by Crippen LogP contribution is -2.46. The number of hydrogen-bond donors (Lipinski definition) is 0. The highest BCUT2D eigenvalue weighted by Crippen LogP contribution is 2.19. The van der Waals surface area contributed by atoms with Crippen LogP contribution in [0.15, 0.2) is 61.4 Å². The van der Waals surface area contributed by atoms with Gasteiger partial charge < -0.3 is 9.80 Å². The first-order chi connectivity index (χ1) is 11.4. The Balaban J connectivity index is 1.47. The molecule has 0 unspecified atom stereocenters. The summed E-state index contributed by atoms with van der Waals surface area (Å²) in [6.45, 7) is 3.90. The minimum absolute atomic E-state index is 0.845. The summed E-state index contributed by atoms with van der Waals surface area (Å²) < 4.78 is 1.89. The summed E-state index contributed by atoms with van der Waals surface area (Å²) in [5.74, 6) is 1.81. The van der Waals surface area contributed by atoms with Gasteiger partial charge in [0, 0.05) is 50.3 Å². The molecule has 0 bridgehead atoms. The lowest BCUT2D eigenvalue weighted by Gasteiger charge is -2.36. The Hall–Kier alpha value is -2.89. The van der Waals surface area contributed by atoms with Gasteiger partial charge in [0.1, 0.15) is 24.3 Å². The van der Waals surface area contributed by atoms with Crippen molar-refractivity contribution >= 4 is 11.5 Å². The Kier molecular flexibility index (Phi) is 3.63. The maximum Gasteiger partial charge on any atom is 0.143 e. The van der Waals surface area contributed by atoms with Gasteiger partial charge in [-0.15, -0.1) is 0 Å². The molecule has 0 radical (unpaired) electrons. The van der Waals surface area contributed by atoms with E-state index in [1.165, 1.54) is 5.69 Å². The van der Waals surface area contributed by atoms with Gasteiger partial charge in [-0.2, -0.15) is 0 Å². The van der Waals surface area contributed by atoms with Crippen LogP contribution in [0.25, 0.3) is 5.82 Å². The van der Waals surface area contributed by atoms with Crippen LogP contribution in [-0.2, 0) is 0 Å². The monoisotopic (exact) mass is 306 g/mol. The van der Waals surface area contributed by atoms with Crippen LogP contribution in [0.5, 0.6) is 0 Å². The third-order valence-electron chi connectivity index (χ3n) is 4.13. The van der Waals surface area contributed by atoms with Crippen molar-refractivity contribution in [2.75, 3.05) is 36.0 Å². The first-order valence-electron chi connectivity index (χ1n) is 7.75. The SMILES string of the molecule is c1ccc(N2CCN(c3cc(-n4ccnc4)ncn3)CC2)cc1. The molecule has 1 aliphatic rings. The third kappa shape index (κ3) is 2.88. The summed E-state index contributed by atoms with van der Waals surface area (Å²) in [6.07, 6.45) is 7.01. The highest BCUT2D eigenvalue weighted by atomic mass is 15.3. The molecule has 4 rings (SSSR count). The van der Waals surface area contributed by atoms with Gasteiger partial charge in [0.15, 0.2) is 0 Å². The standard InChI is InChI=1S/C17H18N6/c1-2-4-15(5-3-1)21-8-10-22(11-9-21)16-12-17(20-13-19-16)23-7-6-18-14-23/h1-7,12-14H,8-11H2. The molecule has 6 heteroatoms. The van der Waals surface area contributed by atoms with E-state index in [1.54, 1.807) is 18.9 Å². The quantitative estimate of drug-likeness (QED) is 0.740. The number of piperazine rings is 1. The number of para-hydroxylation sites is 1. The molecular formula is C17H18N6. The van der Waals surface area contributed by atoms with Crippen LogP contribution in [-0.4, -0.2) is 45.7 Å². The van der Waals surface area contributed by atoms with Crippen LogP contribution in [0.2, 0.25) is 0 Å². The highest BCUT2D eigenvalue weighted by Gasteiger charge is 2.18. The molecule has 1 aromatic carbocycles. The van der Waals surface area contributed by atoms with Crippen molar-refractivity contribution in [1.29, 1.82) is 0 Å². The van der Waals surface area contributed by atoms with Crippen LogP contribution in [0.4, 0.5) is 11.5 Å². The highest BCUT2D eigenvalue weighted by molar-refractivity contribution is 5.50. The molecule has 0 saturated carbocycles. The molecule has 0 spiro atoms. The number of anilines is 2. The molecule has 2 aromatic heterocycles. The fourth-order valence-electron chi connectivity index (χ4n) is 2.88. The number of aromatic nitrogens is 4. The number of rotatable bonds is 3. The number of benzene rings is 1. The Labute approximate surface area is 135 Å². The Morgan fingerprint density at radius 1 is 0.826 bits per heavy atom. The van der Waals surface area contributed by atoms with E-state index in [2.05, 4.69) is 55.1 Å². The van der Waals surface area contributed by atoms with Crippen molar-refractivity contribution in [1.82, 2.24) is 19.5 Å². The Morgan fingerprint density at radius 3 is 2.30 bits per heavy atom. The van der Waals surface area contributed by atoms with Crippen LogP contribution in [0.1, 0.15) is 0 Å². The van der Waals surface area contributed by atoms with E-state index in [-0.39, 0.29) is 0 Å². The van der Waals surface area contributed by atoms with Crippen molar-refractivity contribution in [3.05, 3.63) is 61.4 Å². The van der Waals surface area contributed by atoms with Crippen molar-refractivity contribution in [2.45, 2.75) is 0 Å². The Bertz CT molecular complexity index is 748. The molecule has 1 fully saturated rings. The largest absolute Gasteiger partial charge is 0.368 e. The zero-order chi connectivity index (χ0) is 15.5. The first kappa shape index (κ1) is 13.8. The minimum atomic E-state index is 0.845. The van der Waals surface area contributed by atoms with Crippen molar-refractivity contribution in [3.63, 3.8) is 0 Å². The first-order valence-corrected chi connectivity index (χ1v) is 7.75. The van der Waals surface area contributed by atoms with Crippen LogP contribution in [0.3, 0.4) is 0 Å². The second-order valence-corrected chi connectivity index (χ2v) is 5.51. The van der Waals surface area contributed by atoms with E-state index in [4.69, 9.17) is 0 Å². The lowest BCUT2D eigenvalue weighted by atomic mass is 10.2. The summed E-state index contributed by atoms with van der Waals surface area (Å²) in [5, 5.41) is 0. The number of nitrogens with zero attached hydrogens (tertiary/aromatic N) is 6.